The number of fused-ring (bicyclic) bond motifs is 1. The SMILES string of the molecule is NCCCC1Cc2ccccc2CN1. The monoisotopic (exact) mass is 190 g/mol. The lowest BCUT2D eigenvalue weighted by molar-refractivity contribution is 0.443. The fourth-order valence-corrected chi connectivity index (χ4v) is 2.09. The second kappa shape index (κ2) is 4.58. The van der Waals surface area contributed by atoms with Crippen LogP contribution in [-0.4, -0.2) is 12.6 Å². The topological polar surface area (TPSA) is 38.0 Å². The smallest absolute Gasteiger partial charge is 0.0210 e. The zero-order chi connectivity index (χ0) is 9.80. The van der Waals surface area contributed by atoms with Gasteiger partial charge in [0.2, 0.25) is 0 Å². The van der Waals surface area contributed by atoms with Gasteiger partial charge >= 0.3 is 0 Å². The molecule has 0 radical (unpaired) electrons. The van der Waals surface area contributed by atoms with E-state index in [0.29, 0.717) is 6.04 Å². The molecule has 2 rings (SSSR count). The summed E-state index contributed by atoms with van der Waals surface area (Å²) in [6, 6.07) is 9.33. The minimum Gasteiger partial charge on any atom is -0.330 e. The highest BCUT2D eigenvalue weighted by Crippen LogP contribution is 2.18. The van der Waals surface area contributed by atoms with E-state index in [9.17, 15) is 0 Å². The molecule has 14 heavy (non-hydrogen) atoms. The predicted molar refractivity (Wildman–Crippen MR) is 59.1 cm³/mol. The van der Waals surface area contributed by atoms with Crippen molar-refractivity contribution in [2.45, 2.75) is 31.8 Å². The van der Waals surface area contributed by atoms with Gasteiger partial charge in [-0.15, -0.1) is 0 Å². The predicted octanol–water partition coefficient (Wildman–Crippen LogP) is 1.44. The molecular formula is C12H18N2. The summed E-state index contributed by atoms with van der Waals surface area (Å²) in [5.41, 5.74) is 8.48. The Morgan fingerprint density at radius 2 is 2.07 bits per heavy atom. The van der Waals surface area contributed by atoms with E-state index in [1.807, 2.05) is 0 Å². The van der Waals surface area contributed by atoms with Crippen molar-refractivity contribution in [3.05, 3.63) is 35.4 Å². The summed E-state index contributed by atoms with van der Waals surface area (Å²) >= 11 is 0. The van der Waals surface area contributed by atoms with E-state index in [2.05, 4.69) is 29.6 Å². The second-order valence-corrected chi connectivity index (χ2v) is 3.98. The highest BCUT2D eigenvalue weighted by atomic mass is 14.9. The van der Waals surface area contributed by atoms with Crippen LogP contribution < -0.4 is 11.1 Å². The normalized spacial score (nSPS) is 20.5. The van der Waals surface area contributed by atoms with E-state index in [0.717, 1.165) is 25.9 Å². The third-order valence-corrected chi connectivity index (χ3v) is 2.92. The summed E-state index contributed by atoms with van der Waals surface area (Å²) in [6.07, 6.45) is 3.49. The van der Waals surface area contributed by atoms with Crippen LogP contribution >= 0.6 is 0 Å². The van der Waals surface area contributed by atoms with Gasteiger partial charge in [-0.25, -0.2) is 0 Å². The molecule has 1 unspecified atom stereocenters. The molecule has 0 aliphatic carbocycles. The van der Waals surface area contributed by atoms with Gasteiger partial charge in [-0.3, -0.25) is 0 Å². The number of nitrogens with two attached hydrogens (primary N) is 1. The van der Waals surface area contributed by atoms with Gasteiger partial charge in [0.1, 0.15) is 0 Å². The molecule has 0 spiro atoms. The summed E-state index contributed by atoms with van der Waals surface area (Å²) in [4.78, 5) is 0. The van der Waals surface area contributed by atoms with Crippen molar-refractivity contribution in [3.8, 4) is 0 Å². The molecule has 0 bridgehead atoms. The van der Waals surface area contributed by atoms with Crippen molar-refractivity contribution in [1.29, 1.82) is 0 Å². The molecule has 1 aliphatic rings. The molecule has 2 nitrogen and oxygen atoms in total. The average molecular weight is 190 g/mol. The maximum Gasteiger partial charge on any atom is 0.0210 e. The van der Waals surface area contributed by atoms with Crippen LogP contribution in [0.25, 0.3) is 0 Å². The summed E-state index contributed by atoms with van der Waals surface area (Å²) in [5.74, 6) is 0. The molecule has 0 fully saturated rings. The van der Waals surface area contributed by atoms with Crippen molar-refractivity contribution < 1.29 is 0 Å². The Bertz CT molecular complexity index is 296. The maximum absolute atomic E-state index is 5.51. The van der Waals surface area contributed by atoms with E-state index in [1.54, 1.807) is 0 Å². The Labute approximate surface area is 85.5 Å². The van der Waals surface area contributed by atoms with E-state index in [-0.39, 0.29) is 0 Å². The summed E-state index contributed by atoms with van der Waals surface area (Å²) < 4.78 is 0. The fraction of sp³-hybridized carbons (Fsp3) is 0.500. The summed E-state index contributed by atoms with van der Waals surface area (Å²) in [5, 5.41) is 3.55. The van der Waals surface area contributed by atoms with Gasteiger partial charge in [0.05, 0.1) is 0 Å². The van der Waals surface area contributed by atoms with Gasteiger partial charge in [-0.05, 0) is 36.9 Å². The molecule has 0 saturated carbocycles. The molecule has 1 aromatic carbocycles. The number of rotatable bonds is 3. The molecule has 0 aromatic heterocycles. The van der Waals surface area contributed by atoms with E-state index >= 15 is 0 Å². The van der Waals surface area contributed by atoms with Gasteiger partial charge in [-0.1, -0.05) is 24.3 Å². The van der Waals surface area contributed by atoms with Crippen molar-refractivity contribution >= 4 is 0 Å². The molecule has 1 atom stereocenters. The van der Waals surface area contributed by atoms with Crippen LogP contribution in [0.4, 0.5) is 0 Å². The molecule has 1 heterocycles. The van der Waals surface area contributed by atoms with Crippen LogP contribution in [0.15, 0.2) is 24.3 Å². The fourth-order valence-electron chi connectivity index (χ4n) is 2.09. The number of nitrogens with one attached hydrogen (secondary N) is 1. The zero-order valence-corrected chi connectivity index (χ0v) is 8.50. The largest absolute Gasteiger partial charge is 0.330 e. The van der Waals surface area contributed by atoms with Crippen LogP contribution in [0, 0.1) is 0 Å². The highest BCUT2D eigenvalue weighted by molar-refractivity contribution is 5.29. The molecule has 1 aliphatic heterocycles. The maximum atomic E-state index is 5.51. The molecule has 0 amide bonds. The third-order valence-electron chi connectivity index (χ3n) is 2.92. The molecule has 1 aromatic rings. The Morgan fingerprint density at radius 3 is 2.86 bits per heavy atom. The van der Waals surface area contributed by atoms with Gasteiger partial charge in [0.15, 0.2) is 0 Å². The van der Waals surface area contributed by atoms with E-state index < -0.39 is 0 Å². The van der Waals surface area contributed by atoms with Crippen LogP contribution in [0.2, 0.25) is 0 Å². The molecular weight excluding hydrogens is 172 g/mol. The number of hydrogen-bond donors (Lipinski definition) is 2. The highest BCUT2D eigenvalue weighted by Gasteiger charge is 2.16. The summed E-state index contributed by atoms with van der Waals surface area (Å²) in [7, 11) is 0. The second-order valence-electron chi connectivity index (χ2n) is 3.98. The van der Waals surface area contributed by atoms with Crippen LogP contribution in [-0.2, 0) is 13.0 Å². The van der Waals surface area contributed by atoms with E-state index in [1.165, 1.54) is 17.5 Å². The molecule has 3 N–H and O–H groups in total. The van der Waals surface area contributed by atoms with E-state index in [4.69, 9.17) is 5.73 Å². The lowest BCUT2D eigenvalue weighted by Gasteiger charge is -2.25. The average Bonchev–Trinajstić information content (AvgIpc) is 2.26. The minimum absolute atomic E-state index is 0.633. The van der Waals surface area contributed by atoms with Gasteiger partial charge < -0.3 is 11.1 Å². The standard InChI is InChI=1S/C12H18N2/c13-7-3-6-12-8-10-4-1-2-5-11(10)9-14-12/h1-2,4-5,12,14H,3,6-9,13H2. The lowest BCUT2D eigenvalue weighted by Crippen LogP contribution is -2.35. The van der Waals surface area contributed by atoms with Crippen molar-refractivity contribution in [2.24, 2.45) is 5.73 Å². The Kier molecular flexibility index (Phi) is 3.17. The Balaban J connectivity index is 1.99. The first kappa shape index (κ1) is 9.69. The minimum atomic E-state index is 0.633. The Morgan fingerprint density at radius 1 is 1.29 bits per heavy atom. The molecule has 76 valence electrons. The van der Waals surface area contributed by atoms with Crippen molar-refractivity contribution in [2.75, 3.05) is 6.54 Å². The quantitative estimate of drug-likeness (QED) is 0.757. The first-order valence-electron chi connectivity index (χ1n) is 5.40. The van der Waals surface area contributed by atoms with Crippen LogP contribution in [0.3, 0.4) is 0 Å². The van der Waals surface area contributed by atoms with Crippen LogP contribution in [0.1, 0.15) is 24.0 Å². The van der Waals surface area contributed by atoms with Crippen molar-refractivity contribution in [3.63, 3.8) is 0 Å². The zero-order valence-electron chi connectivity index (χ0n) is 8.50. The van der Waals surface area contributed by atoms with Gasteiger partial charge in [-0.2, -0.15) is 0 Å². The summed E-state index contributed by atoms with van der Waals surface area (Å²) in [6.45, 7) is 1.82. The first-order valence-corrected chi connectivity index (χ1v) is 5.40. The van der Waals surface area contributed by atoms with Gasteiger partial charge in [0.25, 0.3) is 0 Å². The number of hydrogen-bond acceptors (Lipinski definition) is 2. The van der Waals surface area contributed by atoms with Crippen molar-refractivity contribution in [1.82, 2.24) is 5.32 Å². The Hall–Kier alpha value is -0.860. The number of benzene rings is 1. The van der Waals surface area contributed by atoms with Crippen LogP contribution in [0.5, 0.6) is 0 Å². The molecule has 0 saturated heterocycles. The lowest BCUT2D eigenvalue weighted by atomic mass is 9.93. The molecule has 2 heteroatoms. The van der Waals surface area contributed by atoms with Gasteiger partial charge in [0, 0.05) is 12.6 Å². The third kappa shape index (κ3) is 2.14. The first-order chi connectivity index (χ1) is 6.90.